The number of carbonyl (C=O) groups is 2. The number of aromatic nitrogens is 1. The van der Waals surface area contributed by atoms with Gasteiger partial charge in [-0.1, -0.05) is 0 Å². The monoisotopic (exact) mass is 289 g/mol. The molecule has 0 atom stereocenters. The van der Waals surface area contributed by atoms with E-state index in [1.807, 2.05) is 18.2 Å². The van der Waals surface area contributed by atoms with Gasteiger partial charge in [0.05, 0.1) is 6.61 Å². The molecule has 5 nitrogen and oxygen atoms in total. The molecule has 0 spiro atoms. The van der Waals surface area contributed by atoms with Gasteiger partial charge in [-0.15, -0.1) is 11.3 Å². The molecular weight excluding hydrogens is 278 g/mol. The number of Topliss-reactive ketones (excluding diaryl/α,β-unsaturated/α-hetero) is 1. The quantitative estimate of drug-likeness (QED) is 0.879. The topological polar surface area (TPSA) is 76.5 Å². The van der Waals surface area contributed by atoms with Crippen molar-refractivity contribution in [3.05, 3.63) is 34.3 Å². The highest BCUT2D eigenvalue weighted by Gasteiger charge is 2.22. The molecule has 2 heterocycles. The zero-order valence-electron chi connectivity index (χ0n) is 10.7. The number of hydrogen-bond acceptors (Lipinski definition) is 5. The molecule has 2 aromatic rings. The molecule has 0 unspecified atom stereocenters. The molecule has 102 valence electrons. The van der Waals surface area contributed by atoms with Gasteiger partial charge in [0.25, 0.3) is 0 Å². The Morgan fingerprint density at radius 1 is 1.40 bits per heavy atom. The number of hydrogen-bond donors (Lipinski definition) is 1. The van der Waals surface area contributed by atoms with Crippen LogP contribution in [-0.4, -0.2) is 28.4 Å². The molecule has 0 saturated heterocycles. The van der Waals surface area contributed by atoms with Crippen molar-refractivity contribution in [3.63, 3.8) is 0 Å². The number of benzene rings is 1. The van der Waals surface area contributed by atoms with Crippen molar-refractivity contribution in [2.45, 2.75) is 13.3 Å². The Hall–Kier alpha value is -2.21. The largest absolute Gasteiger partial charge is 0.493 e. The SMILES string of the molecule is CC(=O)c1sc(-c2ccc3c(c2)CCO3)nc1C(=O)O. The van der Waals surface area contributed by atoms with Crippen molar-refractivity contribution in [2.75, 3.05) is 6.61 Å². The molecule has 1 aromatic heterocycles. The maximum atomic E-state index is 11.5. The Morgan fingerprint density at radius 3 is 2.85 bits per heavy atom. The average molecular weight is 289 g/mol. The minimum atomic E-state index is -1.18. The van der Waals surface area contributed by atoms with E-state index < -0.39 is 5.97 Å². The smallest absolute Gasteiger partial charge is 0.356 e. The fourth-order valence-electron chi connectivity index (χ4n) is 2.15. The van der Waals surface area contributed by atoms with E-state index >= 15 is 0 Å². The minimum Gasteiger partial charge on any atom is -0.493 e. The number of ketones is 1. The summed E-state index contributed by atoms with van der Waals surface area (Å²) >= 11 is 1.11. The number of carboxylic acid groups (broad SMARTS) is 1. The lowest BCUT2D eigenvalue weighted by Crippen LogP contribution is -2.03. The predicted molar refractivity (Wildman–Crippen MR) is 73.7 cm³/mol. The van der Waals surface area contributed by atoms with E-state index in [-0.39, 0.29) is 16.4 Å². The van der Waals surface area contributed by atoms with Crippen LogP contribution in [0, 0.1) is 0 Å². The molecule has 6 heteroatoms. The van der Waals surface area contributed by atoms with Gasteiger partial charge in [0.15, 0.2) is 11.5 Å². The highest BCUT2D eigenvalue weighted by atomic mass is 32.1. The van der Waals surface area contributed by atoms with Crippen molar-refractivity contribution in [3.8, 4) is 16.3 Å². The number of carbonyl (C=O) groups excluding carboxylic acids is 1. The molecule has 0 radical (unpaired) electrons. The highest BCUT2D eigenvalue weighted by Crippen LogP contribution is 2.33. The van der Waals surface area contributed by atoms with Gasteiger partial charge in [0.2, 0.25) is 0 Å². The second-order valence-electron chi connectivity index (χ2n) is 4.48. The second-order valence-corrected chi connectivity index (χ2v) is 5.48. The first kappa shape index (κ1) is 12.8. The summed E-state index contributed by atoms with van der Waals surface area (Å²) in [7, 11) is 0. The number of carboxylic acids is 1. The first-order valence-corrected chi connectivity index (χ1v) is 6.89. The summed E-state index contributed by atoms with van der Waals surface area (Å²) in [5.41, 5.74) is 1.72. The van der Waals surface area contributed by atoms with Crippen LogP contribution in [0.5, 0.6) is 5.75 Å². The van der Waals surface area contributed by atoms with Crippen molar-refractivity contribution >= 4 is 23.1 Å². The van der Waals surface area contributed by atoms with Crippen molar-refractivity contribution in [1.29, 1.82) is 0 Å². The Balaban J connectivity index is 2.08. The minimum absolute atomic E-state index is 0.172. The first-order valence-electron chi connectivity index (χ1n) is 6.07. The molecule has 3 rings (SSSR count). The number of nitrogens with zero attached hydrogens (tertiary/aromatic N) is 1. The fraction of sp³-hybridized carbons (Fsp3) is 0.214. The molecule has 20 heavy (non-hydrogen) atoms. The van der Waals surface area contributed by atoms with Crippen LogP contribution in [0.15, 0.2) is 18.2 Å². The lowest BCUT2D eigenvalue weighted by Gasteiger charge is -2.00. The summed E-state index contributed by atoms with van der Waals surface area (Å²) in [5.74, 6) is -0.603. The van der Waals surface area contributed by atoms with Gasteiger partial charge in [-0.05, 0) is 23.8 Å². The van der Waals surface area contributed by atoms with Gasteiger partial charge in [0.1, 0.15) is 15.6 Å². The molecule has 0 amide bonds. The number of aromatic carboxylic acids is 1. The normalized spacial score (nSPS) is 12.8. The lowest BCUT2D eigenvalue weighted by atomic mass is 10.1. The van der Waals surface area contributed by atoms with E-state index in [4.69, 9.17) is 9.84 Å². The van der Waals surface area contributed by atoms with Gasteiger partial charge >= 0.3 is 5.97 Å². The Morgan fingerprint density at radius 2 is 2.20 bits per heavy atom. The van der Waals surface area contributed by atoms with E-state index in [1.165, 1.54) is 6.92 Å². The third-order valence-corrected chi connectivity index (χ3v) is 4.29. The predicted octanol–water partition coefficient (Wildman–Crippen LogP) is 2.65. The van der Waals surface area contributed by atoms with Crippen molar-refractivity contribution in [1.82, 2.24) is 4.98 Å². The third-order valence-electron chi connectivity index (χ3n) is 3.09. The van der Waals surface area contributed by atoms with Crippen molar-refractivity contribution < 1.29 is 19.4 Å². The summed E-state index contributed by atoms with van der Waals surface area (Å²) < 4.78 is 5.43. The molecule has 1 N–H and O–H groups in total. The van der Waals surface area contributed by atoms with E-state index in [0.29, 0.717) is 11.6 Å². The molecule has 0 saturated carbocycles. The Bertz CT molecular complexity index is 688. The average Bonchev–Trinajstić information content (AvgIpc) is 3.04. The summed E-state index contributed by atoms with van der Waals surface area (Å²) in [4.78, 5) is 26.9. The Kier molecular flexibility index (Phi) is 3.02. The number of fused-ring (bicyclic) bond motifs is 1. The van der Waals surface area contributed by atoms with Crippen LogP contribution < -0.4 is 4.74 Å². The maximum absolute atomic E-state index is 11.5. The molecule has 1 aromatic carbocycles. The standard InChI is InChI=1S/C14H11NO4S/c1-7(16)12-11(14(17)18)15-13(20-12)9-2-3-10-8(6-9)4-5-19-10/h2-3,6H,4-5H2,1H3,(H,17,18). The van der Waals surface area contributed by atoms with Crippen LogP contribution in [0.3, 0.4) is 0 Å². The molecule has 0 fully saturated rings. The van der Waals surface area contributed by atoms with Gasteiger partial charge in [0, 0.05) is 18.9 Å². The fourth-order valence-corrected chi connectivity index (χ4v) is 3.10. The highest BCUT2D eigenvalue weighted by molar-refractivity contribution is 7.17. The van der Waals surface area contributed by atoms with Crippen LogP contribution in [0.1, 0.15) is 32.6 Å². The van der Waals surface area contributed by atoms with Gasteiger partial charge in [-0.25, -0.2) is 9.78 Å². The lowest BCUT2D eigenvalue weighted by molar-refractivity contribution is 0.0687. The van der Waals surface area contributed by atoms with Gasteiger partial charge < -0.3 is 9.84 Å². The summed E-state index contributed by atoms with van der Waals surface area (Å²) in [6.45, 7) is 2.01. The zero-order chi connectivity index (χ0) is 14.3. The van der Waals surface area contributed by atoms with E-state index in [0.717, 1.165) is 34.6 Å². The summed E-state index contributed by atoms with van der Waals surface area (Å²) in [5, 5.41) is 9.65. The van der Waals surface area contributed by atoms with E-state index in [2.05, 4.69) is 4.98 Å². The number of thiazole rings is 1. The molecule has 1 aliphatic heterocycles. The van der Waals surface area contributed by atoms with E-state index in [1.54, 1.807) is 0 Å². The van der Waals surface area contributed by atoms with E-state index in [9.17, 15) is 9.59 Å². The second kappa shape index (κ2) is 4.72. The van der Waals surface area contributed by atoms with Crippen molar-refractivity contribution in [2.24, 2.45) is 0 Å². The summed E-state index contributed by atoms with van der Waals surface area (Å²) in [6.07, 6.45) is 0.833. The maximum Gasteiger partial charge on any atom is 0.356 e. The molecule has 1 aliphatic rings. The molecular formula is C14H11NO4S. The number of rotatable bonds is 3. The molecule has 0 aliphatic carbocycles. The Labute approximate surface area is 118 Å². The zero-order valence-corrected chi connectivity index (χ0v) is 11.5. The van der Waals surface area contributed by atoms with Crippen LogP contribution >= 0.6 is 11.3 Å². The molecule has 0 bridgehead atoms. The third kappa shape index (κ3) is 2.08. The van der Waals surface area contributed by atoms with Gasteiger partial charge in [-0.2, -0.15) is 0 Å². The van der Waals surface area contributed by atoms with Crippen LogP contribution in [0.25, 0.3) is 10.6 Å². The van der Waals surface area contributed by atoms with Crippen LogP contribution in [-0.2, 0) is 6.42 Å². The van der Waals surface area contributed by atoms with Gasteiger partial charge in [-0.3, -0.25) is 4.79 Å². The van der Waals surface area contributed by atoms with Crippen LogP contribution in [0.2, 0.25) is 0 Å². The first-order chi connectivity index (χ1) is 9.56. The number of ether oxygens (including phenoxy) is 1. The summed E-state index contributed by atoms with van der Waals surface area (Å²) in [6, 6.07) is 5.63. The van der Waals surface area contributed by atoms with Crippen LogP contribution in [0.4, 0.5) is 0 Å².